The van der Waals surface area contributed by atoms with Crippen LogP contribution in [-0.2, 0) is 0 Å². The molecule has 0 saturated carbocycles. The lowest BCUT2D eigenvalue weighted by Crippen LogP contribution is -2.29. The van der Waals surface area contributed by atoms with E-state index in [0.29, 0.717) is 89.0 Å². The zero-order chi connectivity index (χ0) is 36.8. The van der Waals surface area contributed by atoms with E-state index in [1.807, 2.05) is 0 Å². The molecule has 52 heavy (non-hydrogen) atoms. The van der Waals surface area contributed by atoms with E-state index in [1.54, 1.807) is 111 Å². The minimum atomic E-state index is -0.178. The Morgan fingerprint density at radius 3 is 1.06 bits per heavy atom. The number of amides is 4. The minimum absolute atomic E-state index is 0.112. The van der Waals surface area contributed by atoms with Crippen molar-refractivity contribution in [3.8, 4) is 0 Å². The Morgan fingerprint density at radius 2 is 0.750 bits per heavy atom. The van der Waals surface area contributed by atoms with Crippen LogP contribution in [0.5, 0.6) is 0 Å². The van der Waals surface area contributed by atoms with Crippen molar-refractivity contribution in [2.75, 3.05) is 13.1 Å². The van der Waals surface area contributed by atoms with Gasteiger partial charge < -0.3 is 9.97 Å². The molecular weight excluding hydrogens is 703 g/mol. The van der Waals surface area contributed by atoms with Gasteiger partial charge in [0, 0.05) is 44.7 Å². The number of aromatic nitrogens is 2. The van der Waals surface area contributed by atoms with E-state index >= 15 is 0 Å². The van der Waals surface area contributed by atoms with Crippen LogP contribution in [0.15, 0.2) is 107 Å². The summed E-state index contributed by atoms with van der Waals surface area (Å²) >= 11 is 12.1. The molecular formula is C40H28Cl2N4O6. The summed E-state index contributed by atoms with van der Waals surface area (Å²) in [6.45, 7) is 4.46. The van der Waals surface area contributed by atoms with Gasteiger partial charge in [-0.25, -0.2) is 0 Å². The number of H-pyrrole nitrogens is 2. The molecule has 2 aliphatic heterocycles. The van der Waals surface area contributed by atoms with Crippen LogP contribution in [-0.4, -0.2) is 56.5 Å². The Labute approximate surface area is 305 Å². The van der Waals surface area contributed by atoms with Crippen molar-refractivity contribution in [1.82, 2.24) is 19.8 Å². The molecule has 0 saturated heterocycles. The summed E-state index contributed by atoms with van der Waals surface area (Å²) in [5.74, 6) is -0.711. The van der Waals surface area contributed by atoms with Crippen molar-refractivity contribution in [2.24, 2.45) is 0 Å². The molecule has 12 heteroatoms. The Morgan fingerprint density at radius 1 is 0.442 bits per heavy atom. The number of carbonyl (C=O) groups excluding carboxylic acids is 4. The van der Waals surface area contributed by atoms with Gasteiger partial charge in [0.25, 0.3) is 23.6 Å². The number of pyridine rings is 2. The first-order chi connectivity index (χ1) is 25.0. The van der Waals surface area contributed by atoms with Gasteiger partial charge in [-0.05, 0) is 86.6 Å². The Hall–Kier alpha value is -6.10. The molecule has 0 aliphatic carbocycles. The van der Waals surface area contributed by atoms with Gasteiger partial charge in [-0.3, -0.25) is 38.6 Å². The van der Waals surface area contributed by atoms with Crippen molar-refractivity contribution in [3.05, 3.63) is 150 Å². The number of imide groups is 2. The fourth-order valence-corrected chi connectivity index (χ4v) is 6.80. The first kappa shape index (κ1) is 34.4. The number of nitrogens with one attached hydrogen (secondary N) is 2. The lowest BCUT2D eigenvalue weighted by atomic mass is 10.1. The molecule has 0 atom stereocenters. The van der Waals surface area contributed by atoms with Crippen LogP contribution in [0.2, 0.25) is 10.0 Å². The molecule has 7 aromatic rings. The molecule has 4 heterocycles. The van der Waals surface area contributed by atoms with Crippen LogP contribution in [0, 0.1) is 0 Å². The van der Waals surface area contributed by atoms with Gasteiger partial charge in [0.05, 0.1) is 44.3 Å². The van der Waals surface area contributed by atoms with E-state index in [0.717, 1.165) is 0 Å². The summed E-state index contributed by atoms with van der Waals surface area (Å²) in [6.07, 6.45) is 0. The lowest BCUT2D eigenvalue weighted by molar-refractivity contribution is 0.0647. The number of benzene rings is 5. The standard InChI is InChI=1S/C20H10Cl2N2O2.2C10H9NO2/c21-9-1-3-11-15(5-9)23-17-8-14-18(7-13(17)19(11)25)24-16-6-10(22)2-4-12(16)20(14)26;2*1-2-11-9(12)7-5-3-4-6-8(7)10(11)13/h1-8H,(H,23,25)(H,24,26);2*3-6H,2H2,1H3. The fourth-order valence-electron chi connectivity index (χ4n) is 6.45. The second-order valence-corrected chi connectivity index (χ2v) is 12.9. The molecule has 2 aromatic heterocycles. The number of rotatable bonds is 2. The summed E-state index contributed by atoms with van der Waals surface area (Å²) in [5, 5.41) is 3.18. The SMILES string of the molecule is CCN1C(=O)c2ccccc2C1=O.CCN1C(=O)c2ccccc2C1=O.O=c1c2ccc(Cl)cc2[nH]c2cc3c(=O)c4ccc(Cl)cc4[nH]c3cc12. The summed E-state index contributed by atoms with van der Waals surface area (Å²) < 4.78 is 0. The number of nitrogens with zero attached hydrogens (tertiary/aromatic N) is 2. The monoisotopic (exact) mass is 730 g/mol. The highest BCUT2D eigenvalue weighted by Gasteiger charge is 2.34. The van der Waals surface area contributed by atoms with Crippen LogP contribution in [0.3, 0.4) is 0 Å². The van der Waals surface area contributed by atoms with E-state index < -0.39 is 0 Å². The van der Waals surface area contributed by atoms with Crippen LogP contribution < -0.4 is 10.9 Å². The number of halogens is 2. The molecule has 0 unspecified atom stereocenters. The zero-order valence-electron chi connectivity index (χ0n) is 27.8. The van der Waals surface area contributed by atoms with Crippen LogP contribution in [0.25, 0.3) is 43.6 Å². The molecule has 0 bridgehead atoms. The molecule has 4 amide bonds. The van der Waals surface area contributed by atoms with Gasteiger partial charge in [0.15, 0.2) is 10.9 Å². The third-order valence-electron chi connectivity index (χ3n) is 9.03. The highest BCUT2D eigenvalue weighted by atomic mass is 35.5. The Balaban J connectivity index is 0.000000136. The molecule has 2 N–H and O–H groups in total. The fraction of sp³-hybridized carbons (Fsp3) is 0.100. The molecule has 258 valence electrons. The van der Waals surface area contributed by atoms with E-state index in [1.165, 1.54) is 9.80 Å². The number of hydrogen-bond acceptors (Lipinski definition) is 6. The smallest absolute Gasteiger partial charge is 0.261 e. The third-order valence-corrected chi connectivity index (χ3v) is 9.50. The highest BCUT2D eigenvalue weighted by Crippen LogP contribution is 2.25. The summed E-state index contributed by atoms with van der Waals surface area (Å²) in [6, 6.07) is 27.4. The van der Waals surface area contributed by atoms with Gasteiger partial charge in [-0.2, -0.15) is 0 Å². The number of aromatic amines is 2. The largest absolute Gasteiger partial charge is 0.354 e. The van der Waals surface area contributed by atoms with Crippen LogP contribution in [0.1, 0.15) is 55.3 Å². The molecule has 2 aliphatic rings. The summed E-state index contributed by atoms with van der Waals surface area (Å²) in [4.78, 5) is 80.8. The van der Waals surface area contributed by atoms with Crippen molar-refractivity contribution in [1.29, 1.82) is 0 Å². The maximum Gasteiger partial charge on any atom is 0.261 e. The number of carbonyl (C=O) groups is 4. The second kappa shape index (κ2) is 13.6. The quantitative estimate of drug-likeness (QED) is 0.139. The van der Waals surface area contributed by atoms with Gasteiger partial charge in [0.2, 0.25) is 0 Å². The third kappa shape index (κ3) is 5.81. The normalized spacial score (nSPS) is 13.4. The van der Waals surface area contributed by atoms with E-state index in [9.17, 15) is 28.8 Å². The molecule has 9 rings (SSSR count). The first-order valence-corrected chi connectivity index (χ1v) is 17.1. The second-order valence-electron chi connectivity index (χ2n) is 12.0. The van der Waals surface area contributed by atoms with Crippen LogP contribution in [0.4, 0.5) is 0 Å². The van der Waals surface area contributed by atoms with E-state index in [4.69, 9.17) is 23.2 Å². The number of fused-ring (bicyclic) bond motifs is 6. The lowest BCUT2D eigenvalue weighted by Gasteiger charge is -2.08. The Kier molecular flexibility index (Phi) is 8.95. The maximum absolute atomic E-state index is 12.9. The molecule has 0 fully saturated rings. The number of hydrogen-bond donors (Lipinski definition) is 2. The minimum Gasteiger partial charge on any atom is -0.354 e. The summed E-state index contributed by atoms with van der Waals surface area (Å²) in [5.41, 5.74) is 4.33. The highest BCUT2D eigenvalue weighted by molar-refractivity contribution is 6.31. The average Bonchev–Trinajstić information content (AvgIpc) is 3.54. The molecule has 0 spiro atoms. The van der Waals surface area contributed by atoms with Gasteiger partial charge >= 0.3 is 0 Å². The van der Waals surface area contributed by atoms with Crippen molar-refractivity contribution < 1.29 is 19.2 Å². The zero-order valence-corrected chi connectivity index (χ0v) is 29.3. The van der Waals surface area contributed by atoms with Gasteiger partial charge in [-0.1, -0.05) is 47.5 Å². The van der Waals surface area contributed by atoms with Gasteiger partial charge in [0.1, 0.15) is 0 Å². The Bertz CT molecular complexity index is 2530. The topological polar surface area (TPSA) is 140 Å². The maximum atomic E-state index is 12.9. The summed E-state index contributed by atoms with van der Waals surface area (Å²) in [7, 11) is 0. The van der Waals surface area contributed by atoms with Crippen molar-refractivity contribution in [2.45, 2.75) is 13.8 Å². The predicted molar refractivity (Wildman–Crippen MR) is 203 cm³/mol. The van der Waals surface area contributed by atoms with Crippen LogP contribution >= 0.6 is 23.2 Å². The predicted octanol–water partition coefficient (Wildman–Crippen LogP) is 7.59. The van der Waals surface area contributed by atoms with Crippen molar-refractivity contribution >= 4 is 90.4 Å². The van der Waals surface area contributed by atoms with Gasteiger partial charge in [-0.15, -0.1) is 0 Å². The average molecular weight is 732 g/mol. The van der Waals surface area contributed by atoms with Crippen molar-refractivity contribution in [3.63, 3.8) is 0 Å². The molecule has 0 radical (unpaired) electrons. The molecule has 10 nitrogen and oxygen atoms in total. The van der Waals surface area contributed by atoms with E-state index in [2.05, 4.69) is 9.97 Å². The molecule has 5 aromatic carbocycles. The van der Waals surface area contributed by atoms with E-state index in [-0.39, 0.29) is 34.5 Å². The first-order valence-electron chi connectivity index (χ1n) is 16.3.